The summed E-state index contributed by atoms with van der Waals surface area (Å²) < 4.78 is 0.650. The summed E-state index contributed by atoms with van der Waals surface area (Å²) in [5, 5.41) is 8.42. The van der Waals surface area contributed by atoms with Crippen molar-refractivity contribution in [1.82, 2.24) is 4.90 Å². The summed E-state index contributed by atoms with van der Waals surface area (Å²) >= 11 is 2.36. The number of carboxylic acid groups (broad SMARTS) is 1. The molecule has 1 N–H and O–H groups in total. The van der Waals surface area contributed by atoms with Gasteiger partial charge in [-0.25, -0.2) is 0 Å². The van der Waals surface area contributed by atoms with Gasteiger partial charge in [-0.1, -0.05) is 22.6 Å². The van der Waals surface area contributed by atoms with Crippen LogP contribution in [-0.4, -0.2) is 39.5 Å². The molecule has 1 saturated heterocycles. The fraction of sp³-hybridized carbons (Fsp3) is 0.833. The maximum atomic E-state index is 10.2. The van der Waals surface area contributed by atoms with Crippen molar-refractivity contribution in [2.75, 3.05) is 19.6 Å². The largest absolute Gasteiger partial charge is 0.480 e. The second-order valence-corrected chi connectivity index (χ2v) is 4.28. The van der Waals surface area contributed by atoms with E-state index in [9.17, 15) is 4.79 Å². The third-order valence-corrected chi connectivity index (χ3v) is 2.59. The Morgan fingerprint density at radius 2 is 2.50 bits per heavy atom. The Hall–Kier alpha value is 0.160. The van der Waals surface area contributed by atoms with Crippen LogP contribution >= 0.6 is 22.6 Å². The Morgan fingerprint density at radius 3 is 2.90 bits per heavy atom. The molecule has 0 amide bonds. The number of hydrogen-bond donors (Lipinski definition) is 1. The van der Waals surface area contributed by atoms with Crippen molar-refractivity contribution in [2.24, 2.45) is 0 Å². The molecule has 0 saturated carbocycles. The van der Waals surface area contributed by atoms with Gasteiger partial charge in [0.15, 0.2) is 0 Å². The smallest absolute Gasteiger partial charge is 0.317 e. The fourth-order valence-corrected chi connectivity index (χ4v) is 1.96. The van der Waals surface area contributed by atoms with E-state index in [0.29, 0.717) is 3.92 Å². The first-order valence-corrected chi connectivity index (χ1v) is 4.51. The van der Waals surface area contributed by atoms with Gasteiger partial charge in [-0.3, -0.25) is 9.69 Å². The monoisotopic (exact) mass is 255 g/mol. The molecule has 10 heavy (non-hydrogen) atoms. The first-order valence-electron chi connectivity index (χ1n) is 3.26. The van der Waals surface area contributed by atoms with Gasteiger partial charge in [0, 0.05) is 10.5 Å². The van der Waals surface area contributed by atoms with Crippen LogP contribution < -0.4 is 0 Å². The van der Waals surface area contributed by atoms with Crippen LogP contribution in [0.25, 0.3) is 0 Å². The highest BCUT2D eigenvalue weighted by Crippen LogP contribution is 2.15. The number of likely N-dealkylation sites (tertiary alicyclic amines) is 1. The average Bonchev–Trinajstić information content (AvgIpc) is 2.13. The number of halogens is 1. The molecule has 1 rings (SSSR count). The zero-order valence-corrected chi connectivity index (χ0v) is 7.74. The second-order valence-electron chi connectivity index (χ2n) is 2.51. The van der Waals surface area contributed by atoms with E-state index in [0.717, 1.165) is 19.5 Å². The normalized spacial score (nSPS) is 27.1. The molecule has 1 atom stereocenters. The van der Waals surface area contributed by atoms with Crippen LogP contribution in [0.2, 0.25) is 0 Å². The second kappa shape index (κ2) is 3.52. The van der Waals surface area contributed by atoms with Crippen LogP contribution in [-0.2, 0) is 4.79 Å². The van der Waals surface area contributed by atoms with E-state index in [4.69, 9.17) is 5.11 Å². The zero-order chi connectivity index (χ0) is 7.56. The van der Waals surface area contributed by atoms with Crippen molar-refractivity contribution in [3.05, 3.63) is 0 Å². The predicted octanol–water partition coefficient (Wildman–Crippen LogP) is 0.580. The minimum atomic E-state index is -0.717. The van der Waals surface area contributed by atoms with Gasteiger partial charge in [-0.05, 0) is 13.0 Å². The molecule has 3 nitrogen and oxygen atoms in total. The summed E-state index contributed by atoms with van der Waals surface area (Å²) in [4.78, 5) is 12.2. The molecular weight excluding hydrogens is 245 g/mol. The van der Waals surface area contributed by atoms with Crippen molar-refractivity contribution in [2.45, 2.75) is 10.3 Å². The Balaban J connectivity index is 2.24. The number of carboxylic acids is 1. The van der Waals surface area contributed by atoms with Crippen molar-refractivity contribution in [3.8, 4) is 0 Å². The Labute approximate surface area is 73.5 Å². The minimum Gasteiger partial charge on any atom is -0.480 e. The number of aliphatic carboxylic acids is 1. The molecular formula is C6H10INO2. The fourth-order valence-electron chi connectivity index (χ4n) is 1.12. The lowest BCUT2D eigenvalue weighted by Gasteiger charge is -2.10. The summed E-state index contributed by atoms with van der Waals surface area (Å²) in [7, 11) is 0. The highest BCUT2D eigenvalue weighted by molar-refractivity contribution is 14.1. The molecule has 1 aliphatic heterocycles. The first-order chi connectivity index (χ1) is 4.68. The van der Waals surface area contributed by atoms with Crippen molar-refractivity contribution >= 4 is 28.6 Å². The molecule has 0 spiro atoms. The van der Waals surface area contributed by atoms with Crippen molar-refractivity contribution in [1.29, 1.82) is 0 Å². The van der Waals surface area contributed by atoms with E-state index in [1.54, 1.807) is 0 Å². The Bertz CT molecular complexity index is 140. The lowest BCUT2D eigenvalue weighted by Crippen LogP contribution is -2.27. The number of carbonyl (C=O) groups is 1. The molecule has 58 valence electrons. The Kier molecular flexibility index (Phi) is 2.91. The minimum absolute atomic E-state index is 0.208. The number of nitrogens with zero attached hydrogens (tertiary/aromatic N) is 1. The maximum absolute atomic E-state index is 10.2. The summed E-state index contributed by atoms with van der Waals surface area (Å²) in [6, 6.07) is 0. The SMILES string of the molecule is O=C(O)CN1CCC(I)C1. The van der Waals surface area contributed by atoms with Gasteiger partial charge in [0.05, 0.1) is 6.54 Å². The molecule has 1 fully saturated rings. The third kappa shape index (κ3) is 2.42. The van der Waals surface area contributed by atoms with Crippen molar-refractivity contribution in [3.63, 3.8) is 0 Å². The number of rotatable bonds is 2. The molecule has 0 aromatic rings. The quantitative estimate of drug-likeness (QED) is 0.579. The summed E-state index contributed by atoms with van der Waals surface area (Å²) in [6.45, 7) is 2.09. The van der Waals surface area contributed by atoms with E-state index in [1.165, 1.54) is 0 Å². The molecule has 4 heteroatoms. The van der Waals surface area contributed by atoms with Gasteiger partial charge in [-0.2, -0.15) is 0 Å². The highest BCUT2D eigenvalue weighted by Gasteiger charge is 2.20. The highest BCUT2D eigenvalue weighted by atomic mass is 127. The number of hydrogen-bond acceptors (Lipinski definition) is 2. The van der Waals surface area contributed by atoms with Gasteiger partial charge >= 0.3 is 5.97 Å². The standard InChI is InChI=1S/C6H10INO2/c7-5-1-2-8(3-5)4-6(9)10/h5H,1-4H2,(H,9,10). The maximum Gasteiger partial charge on any atom is 0.317 e. The van der Waals surface area contributed by atoms with E-state index in [1.807, 2.05) is 4.90 Å². The van der Waals surface area contributed by atoms with Gasteiger partial charge in [0.1, 0.15) is 0 Å². The van der Waals surface area contributed by atoms with Crippen LogP contribution in [0, 0.1) is 0 Å². The molecule has 1 unspecified atom stereocenters. The van der Waals surface area contributed by atoms with E-state index < -0.39 is 5.97 Å². The third-order valence-electron chi connectivity index (χ3n) is 1.57. The van der Waals surface area contributed by atoms with Gasteiger partial charge < -0.3 is 5.11 Å². The molecule has 0 aromatic heterocycles. The molecule has 0 radical (unpaired) electrons. The number of alkyl halides is 1. The van der Waals surface area contributed by atoms with E-state index in [2.05, 4.69) is 22.6 Å². The van der Waals surface area contributed by atoms with E-state index in [-0.39, 0.29) is 6.54 Å². The van der Waals surface area contributed by atoms with E-state index >= 15 is 0 Å². The zero-order valence-electron chi connectivity index (χ0n) is 5.59. The lowest BCUT2D eigenvalue weighted by atomic mass is 10.4. The van der Waals surface area contributed by atoms with Crippen LogP contribution in [0.5, 0.6) is 0 Å². The molecule has 0 aromatic carbocycles. The van der Waals surface area contributed by atoms with Crippen molar-refractivity contribution < 1.29 is 9.90 Å². The molecule has 1 aliphatic rings. The van der Waals surface area contributed by atoms with Crippen LogP contribution in [0.1, 0.15) is 6.42 Å². The topological polar surface area (TPSA) is 40.5 Å². The average molecular weight is 255 g/mol. The Morgan fingerprint density at radius 1 is 1.80 bits per heavy atom. The summed E-state index contributed by atoms with van der Waals surface area (Å²) in [6.07, 6.45) is 1.13. The molecule has 0 bridgehead atoms. The summed E-state index contributed by atoms with van der Waals surface area (Å²) in [5.41, 5.74) is 0. The molecule has 0 aliphatic carbocycles. The van der Waals surface area contributed by atoms with Gasteiger partial charge in [-0.15, -0.1) is 0 Å². The van der Waals surface area contributed by atoms with Crippen LogP contribution in [0.4, 0.5) is 0 Å². The molecule has 1 heterocycles. The lowest BCUT2D eigenvalue weighted by molar-refractivity contribution is -0.138. The van der Waals surface area contributed by atoms with Crippen LogP contribution in [0.3, 0.4) is 0 Å². The predicted molar refractivity (Wildman–Crippen MR) is 46.5 cm³/mol. The van der Waals surface area contributed by atoms with Gasteiger partial charge in [0.25, 0.3) is 0 Å². The van der Waals surface area contributed by atoms with Crippen LogP contribution in [0.15, 0.2) is 0 Å². The first kappa shape index (κ1) is 8.26. The summed E-state index contributed by atoms with van der Waals surface area (Å²) in [5.74, 6) is -0.717. The van der Waals surface area contributed by atoms with Gasteiger partial charge in [0.2, 0.25) is 0 Å².